The fourth-order valence-electron chi connectivity index (χ4n) is 1.00. The van der Waals surface area contributed by atoms with Gasteiger partial charge >= 0.3 is 0 Å². The lowest BCUT2D eigenvalue weighted by Crippen LogP contribution is -2.11. The number of aromatic nitrogens is 2. The predicted molar refractivity (Wildman–Crippen MR) is 45.7 cm³/mol. The number of hydrogen-bond acceptors (Lipinski definition) is 2. The molecular formula is C7H12ClN3. The highest BCUT2D eigenvalue weighted by molar-refractivity contribution is 6.31. The molecule has 1 aromatic heterocycles. The van der Waals surface area contributed by atoms with Crippen molar-refractivity contribution in [3.63, 3.8) is 0 Å². The van der Waals surface area contributed by atoms with Crippen molar-refractivity contribution in [2.75, 3.05) is 7.05 Å². The molecular weight excluding hydrogens is 162 g/mol. The Balaban J connectivity index is 2.88. The Bertz CT molecular complexity index is 232. The van der Waals surface area contributed by atoms with Crippen LogP contribution in [0.2, 0.25) is 5.02 Å². The molecule has 0 aromatic carbocycles. The summed E-state index contributed by atoms with van der Waals surface area (Å²) in [6.45, 7) is 3.68. The minimum atomic E-state index is 0.737. The summed E-state index contributed by atoms with van der Waals surface area (Å²) in [6, 6.07) is 0. The van der Waals surface area contributed by atoms with Gasteiger partial charge in [0.25, 0.3) is 0 Å². The summed E-state index contributed by atoms with van der Waals surface area (Å²) in [6.07, 6.45) is 1.68. The molecule has 1 N–H and O–H groups in total. The highest BCUT2D eigenvalue weighted by Gasteiger charge is 2.05. The van der Waals surface area contributed by atoms with Crippen LogP contribution in [0.4, 0.5) is 0 Å². The monoisotopic (exact) mass is 173 g/mol. The number of halogens is 1. The fourth-order valence-corrected chi connectivity index (χ4v) is 1.21. The van der Waals surface area contributed by atoms with E-state index in [1.165, 1.54) is 0 Å². The molecule has 0 bridgehead atoms. The molecule has 0 aliphatic rings. The Kier molecular flexibility index (Phi) is 2.91. The Hall–Kier alpha value is -0.540. The summed E-state index contributed by atoms with van der Waals surface area (Å²) in [4.78, 5) is 0. The van der Waals surface area contributed by atoms with Crippen LogP contribution in [0.5, 0.6) is 0 Å². The van der Waals surface area contributed by atoms with Gasteiger partial charge in [0.05, 0.1) is 16.9 Å². The summed E-state index contributed by atoms with van der Waals surface area (Å²) < 4.78 is 1.89. The molecule has 11 heavy (non-hydrogen) atoms. The third-order valence-electron chi connectivity index (χ3n) is 1.54. The van der Waals surface area contributed by atoms with Crippen LogP contribution >= 0.6 is 11.6 Å². The van der Waals surface area contributed by atoms with Gasteiger partial charge in [-0.2, -0.15) is 5.10 Å². The number of aryl methyl sites for hydroxylation is 1. The molecule has 3 nitrogen and oxygen atoms in total. The summed E-state index contributed by atoms with van der Waals surface area (Å²) in [5, 5.41) is 7.88. The molecule has 1 aromatic rings. The molecule has 62 valence electrons. The van der Waals surface area contributed by atoms with Crippen LogP contribution in [-0.4, -0.2) is 16.8 Å². The second-order valence-corrected chi connectivity index (χ2v) is 2.69. The van der Waals surface area contributed by atoms with Crippen LogP contribution in [-0.2, 0) is 13.1 Å². The summed E-state index contributed by atoms with van der Waals surface area (Å²) in [5.74, 6) is 0. The van der Waals surface area contributed by atoms with Crippen molar-refractivity contribution in [3.05, 3.63) is 16.9 Å². The van der Waals surface area contributed by atoms with Crippen LogP contribution in [0.15, 0.2) is 6.20 Å². The van der Waals surface area contributed by atoms with Gasteiger partial charge in [-0.25, -0.2) is 0 Å². The normalized spacial score (nSPS) is 10.5. The van der Waals surface area contributed by atoms with Gasteiger partial charge in [0.15, 0.2) is 0 Å². The molecule has 0 radical (unpaired) electrons. The van der Waals surface area contributed by atoms with E-state index in [0.29, 0.717) is 0 Å². The van der Waals surface area contributed by atoms with Crippen molar-refractivity contribution < 1.29 is 0 Å². The molecule has 0 fully saturated rings. The van der Waals surface area contributed by atoms with Gasteiger partial charge < -0.3 is 5.32 Å². The van der Waals surface area contributed by atoms with Gasteiger partial charge in [-0.1, -0.05) is 11.6 Å². The minimum absolute atomic E-state index is 0.737. The molecule has 4 heteroatoms. The van der Waals surface area contributed by atoms with E-state index in [2.05, 4.69) is 10.4 Å². The second kappa shape index (κ2) is 3.74. The quantitative estimate of drug-likeness (QED) is 0.747. The molecule has 0 aliphatic heterocycles. The zero-order valence-electron chi connectivity index (χ0n) is 6.76. The first-order valence-corrected chi connectivity index (χ1v) is 4.02. The average molecular weight is 174 g/mol. The SMILES string of the molecule is CCn1ncc(Cl)c1CNC. The van der Waals surface area contributed by atoms with Crippen molar-refractivity contribution in [3.8, 4) is 0 Å². The van der Waals surface area contributed by atoms with E-state index in [9.17, 15) is 0 Å². The van der Waals surface area contributed by atoms with Gasteiger partial charge in [0.2, 0.25) is 0 Å². The van der Waals surface area contributed by atoms with E-state index in [-0.39, 0.29) is 0 Å². The molecule has 0 atom stereocenters. The van der Waals surface area contributed by atoms with E-state index in [0.717, 1.165) is 23.8 Å². The van der Waals surface area contributed by atoms with E-state index < -0.39 is 0 Å². The number of nitrogens with zero attached hydrogens (tertiary/aromatic N) is 2. The smallest absolute Gasteiger partial charge is 0.0831 e. The average Bonchev–Trinajstić information content (AvgIpc) is 2.34. The van der Waals surface area contributed by atoms with Gasteiger partial charge in [0, 0.05) is 13.1 Å². The van der Waals surface area contributed by atoms with E-state index in [1.54, 1.807) is 6.20 Å². The van der Waals surface area contributed by atoms with Crippen molar-refractivity contribution >= 4 is 11.6 Å². The van der Waals surface area contributed by atoms with Crippen LogP contribution in [0.3, 0.4) is 0 Å². The summed E-state index contributed by atoms with van der Waals surface area (Å²) in [5.41, 5.74) is 1.05. The highest BCUT2D eigenvalue weighted by Crippen LogP contribution is 2.14. The molecule has 0 saturated heterocycles. The lowest BCUT2D eigenvalue weighted by atomic mass is 10.4. The standard InChI is InChI=1S/C7H12ClN3/c1-3-11-7(5-9-2)6(8)4-10-11/h4,9H,3,5H2,1-2H3. The second-order valence-electron chi connectivity index (χ2n) is 2.29. The van der Waals surface area contributed by atoms with Crippen molar-refractivity contribution in [1.82, 2.24) is 15.1 Å². The molecule has 0 spiro atoms. The Morgan fingerprint density at radius 3 is 3.00 bits per heavy atom. The Morgan fingerprint density at radius 2 is 2.45 bits per heavy atom. The van der Waals surface area contributed by atoms with Gasteiger partial charge in [-0.15, -0.1) is 0 Å². The van der Waals surface area contributed by atoms with E-state index in [1.807, 2.05) is 18.7 Å². The van der Waals surface area contributed by atoms with Crippen LogP contribution in [0.1, 0.15) is 12.6 Å². The zero-order valence-corrected chi connectivity index (χ0v) is 7.52. The van der Waals surface area contributed by atoms with Gasteiger partial charge in [0.1, 0.15) is 0 Å². The maximum Gasteiger partial charge on any atom is 0.0831 e. The van der Waals surface area contributed by atoms with E-state index in [4.69, 9.17) is 11.6 Å². The third-order valence-corrected chi connectivity index (χ3v) is 1.86. The third kappa shape index (κ3) is 1.73. The summed E-state index contributed by atoms with van der Waals surface area (Å²) in [7, 11) is 1.89. The number of hydrogen-bond donors (Lipinski definition) is 1. The Labute approximate surface area is 71.4 Å². The topological polar surface area (TPSA) is 29.9 Å². The van der Waals surface area contributed by atoms with Crippen molar-refractivity contribution in [1.29, 1.82) is 0 Å². The van der Waals surface area contributed by atoms with Crippen molar-refractivity contribution in [2.24, 2.45) is 0 Å². The lowest BCUT2D eigenvalue weighted by molar-refractivity contribution is 0.603. The first-order valence-electron chi connectivity index (χ1n) is 3.64. The molecule has 0 amide bonds. The lowest BCUT2D eigenvalue weighted by Gasteiger charge is -2.03. The Morgan fingerprint density at radius 1 is 1.73 bits per heavy atom. The van der Waals surface area contributed by atoms with Gasteiger partial charge in [-0.05, 0) is 14.0 Å². The number of rotatable bonds is 3. The molecule has 1 rings (SSSR count). The molecule has 0 saturated carbocycles. The highest BCUT2D eigenvalue weighted by atomic mass is 35.5. The van der Waals surface area contributed by atoms with Gasteiger partial charge in [-0.3, -0.25) is 4.68 Å². The first kappa shape index (κ1) is 8.56. The fraction of sp³-hybridized carbons (Fsp3) is 0.571. The maximum atomic E-state index is 5.88. The molecule has 0 unspecified atom stereocenters. The number of nitrogens with one attached hydrogen (secondary N) is 1. The first-order chi connectivity index (χ1) is 5.29. The van der Waals surface area contributed by atoms with Crippen molar-refractivity contribution in [2.45, 2.75) is 20.0 Å². The molecule has 0 aliphatic carbocycles. The molecule has 1 heterocycles. The largest absolute Gasteiger partial charge is 0.314 e. The van der Waals surface area contributed by atoms with Crippen LogP contribution in [0.25, 0.3) is 0 Å². The predicted octanol–water partition coefficient (Wildman–Crippen LogP) is 1.28. The maximum absolute atomic E-state index is 5.88. The minimum Gasteiger partial charge on any atom is -0.314 e. The van der Waals surface area contributed by atoms with E-state index >= 15 is 0 Å². The zero-order chi connectivity index (χ0) is 8.27. The summed E-state index contributed by atoms with van der Waals surface area (Å²) >= 11 is 5.88. The van der Waals surface area contributed by atoms with Crippen LogP contribution < -0.4 is 5.32 Å². The van der Waals surface area contributed by atoms with Crippen LogP contribution in [0, 0.1) is 0 Å².